The molecule has 1 aromatic carbocycles. The van der Waals surface area contributed by atoms with E-state index in [0.717, 1.165) is 18.5 Å². The quantitative estimate of drug-likeness (QED) is 0.858. The highest BCUT2D eigenvalue weighted by Crippen LogP contribution is 2.30. The van der Waals surface area contributed by atoms with Crippen molar-refractivity contribution in [2.45, 2.75) is 26.3 Å². The van der Waals surface area contributed by atoms with Gasteiger partial charge >= 0.3 is 0 Å². The fourth-order valence-electron chi connectivity index (χ4n) is 2.49. The van der Waals surface area contributed by atoms with E-state index in [4.69, 9.17) is 11.5 Å². The second kappa shape index (κ2) is 5.31. The zero-order valence-electron chi connectivity index (χ0n) is 11.7. The minimum absolute atomic E-state index is 0.000952. The average Bonchev–Trinajstić information content (AvgIpc) is 2.81. The van der Waals surface area contributed by atoms with Crippen molar-refractivity contribution in [2.75, 3.05) is 19.6 Å². The Kier molecular flexibility index (Phi) is 3.92. The summed E-state index contributed by atoms with van der Waals surface area (Å²) in [6.07, 6.45) is 0.954. The Morgan fingerprint density at radius 1 is 1.42 bits per heavy atom. The first-order valence-corrected chi connectivity index (χ1v) is 6.76. The third kappa shape index (κ3) is 2.96. The second-order valence-electron chi connectivity index (χ2n) is 5.91. The molecule has 1 heterocycles. The summed E-state index contributed by atoms with van der Waals surface area (Å²) >= 11 is 0. The third-order valence-corrected chi connectivity index (χ3v) is 4.06. The molecule has 4 heteroatoms. The van der Waals surface area contributed by atoms with Crippen LogP contribution in [0.5, 0.6) is 0 Å². The first-order chi connectivity index (χ1) is 8.95. The summed E-state index contributed by atoms with van der Waals surface area (Å²) < 4.78 is 0. The number of nitrogens with two attached hydrogens (primary N) is 2. The van der Waals surface area contributed by atoms with Gasteiger partial charge in [0.05, 0.1) is 0 Å². The highest BCUT2D eigenvalue weighted by molar-refractivity contribution is 5.83. The monoisotopic (exact) mass is 261 g/mol. The largest absolute Gasteiger partial charge is 0.340 e. The van der Waals surface area contributed by atoms with Crippen molar-refractivity contribution < 1.29 is 4.79 Å². The Labute approximate surface area is 114 Å². The van der Waals surface area contributed by atoms with E-state index < -0.39 is 6.04 Å². The topological polar surface area (TPSA) is 72.4 Å². The van der Waals surface area contributed by atoms with Gasteiger partial charge < -0.3 is 16.4 Å². The van der Waals surface area contributed by atoms with Crippen molar-refractivity contribution in [3.63, 3.8) is 0 Å². The molecule has 4 nitrogen and oxygen atoms in total. The van der Waals surface area contributed by atoms with Crippen molar-refractivity contribution in [1.82, 2.24) is 4.90 Å². The SMILES string of the molecule is Cc1ccc(C(N)C(=O)N2CCC(C)(CN)C2)cc1. The predicted molar refractivity (Wildman–Crippen MR) is 76.5 cm³/mol. The van der Waals surface area contributed by atoms with E-state index in [9.17, 15) is 4.79 Å². The fourth-order valence-corrected chi connectivity index (χ4v) is 2.49. The highest BCUT2D eigenvalue weighted by Gasteiger charge is 2.36. The number of aryl methyl sites for hydroxylation is 1. The van der Waals surface area contributed by atoms with Gasteiger partial charge in [0.25, 0.3) is 0 Å². The molecule has 19 heavy (non-hydrogen) atoms. The molecule has 2 rings (SSSR count). The summed E-state index contributed by atoms with van der Waals surface area (Å²) in [7, 11) is 0. The lowest BCUT2D eigenvalue weighted by atomic mass is 9.90. The molecular weight excluding hydrogens is 238 g/mol. The maximum atomic E-state index is 12.4. The van der Waals surface area contributed by atoms with Gasteiger partial charge in [-0.1, -0.05) is 36.8 Å². The zero-order chi connectivity index (χ0) is 14.0. The van der Waals surface area contributed by atoms with Crippen molar-refractivity contribution in [1.29, 1.82) is 0 Å². The number of likely N-dealkylation sites (tertiary alicyclic amines) is 1. The maximum Gasteiger partial charge on any atom is 0.244 e. The molecule has 1 aliphatic rings. The average molecular weight is 261 g/mol. The van der Waals surface area contributed by atoms with Gasteiger partial charge in [-0.15, -0.1) is 0 Å². The summed E-state index contributed by atoms with van der Waals surface area (Å²) in [6, 6.07) is 7.25. The molecule has 0 aliphatic carbocycles. The Hall–Kier alpha value is -1.39. The van der Waals surface area contributed by atoms with Gasteiger partial charge in [0.1, 0.15) is 6.04 Å². The minimum Gasteiger partial charge on any atom is -0.340 e. The Balaban J connectivity index is 2.06. The van der Waals surface area contributed by atoms with E-state index >= 15 is 0 Å². The molecule has 0 bridgehead atoms. The molecular formula is C15H23N3O. The molecule has 2 unspecified atom stereocenters. The molecule has 1 aliphatic heterocycles. The normalized spacial score (nSPS) is 24.5. The maximum absolute atomic E-state index is 12.4. The van der Waals surface area contributed by atoms with Crippen LogP contribution in [0.2, 0.25) is 0 Å². The number of carbonyl (C=O) groups excluding carboxylic acids is 1. The summed E-state index contributed by atoms with van der Waals surface area (Å²) in [5.41, 5.74) is 13.9. The molecule has 4 N–H and O–H groups in total. The van der Waals surface area contributed by atoms with Crippen LogP contribution in [0.4, 0.5) is 0 Å². The zero-order valence-corrected chi connectivity index (χ0v) is 11.7. The van der Waals surface area contributed by atoms with E-state index in [-0.39, 0.29) is 11.3 Å². The van der Waals surface area contributed by atoms with Crippen LogP contribution in [0.1, 0.15) is 30.5 Å². The fraction of sp³-hybridized carbons (Fsp3) is 0.533. The van der Waals surface area contributed by atoms with Crippen LogP contribution in [0.25, 0.3) is 0 Å². The molecule has 0 aromatic heterocycles. The van der Waals surface area contributed by atoms with E-state index in [1.165, 1.54) is 5.56 Å². The summed E-state index contributed by atoms with van der Waals surface area (Å²) in [5, 5.41) is 0. The lowest BCUT2D eigenvalue weighted by Gasteiger charge is -2.24. The van der Waals surface area contributed by atoms with Crippen LogP contribution in [-0.2, 0) is 4.79 Å². The Morgan fingerprint density at radius 2 is 2.05 bits per heavy atom. The standard InChI is InChI=1S/C15H23N3O/c1-11-3-5-12(6-4-11)13(17)14(19)18-8-7-15(2,9-16)10-18/h3-6,13H,7-10,16-17H2,1-2H3. The lowest BCUT2D eigenvalue weighted by molar-refractivity contribution is -0.132. The number of hydrogen-bond acceptors (Lipinski definition) is 3. The minimum atomic E-state index is -0.569. The second-order valence-corrected chi connectivity index (χ2v) is 5.91. The van der Waals surface area contributed by atoms with Crippen molar-refractivity contribution in [3.05, 3.63) is 35.4 Å². The van der Waals surface area contributed by atoms with Gasteiger partial charge in [0.2, 0.25) is 5.91 Å². The number of hydrogen-bond donors (Lipinski definition) is 2. The van der Waals surface area contributed by atoms with E-state index in [1.807, 2.05) is 36.1 Å². The molecule has 104 valence electrons. The van der Waals surface area contributed by atoms with Gasteiger partial charge in [-0.05, 0) is 30.9 Å². The first-order valence-electron chi connectivity index (χ1n) is 6.76. The van der Waals surface area contributed by atoms with Gasteiger partial charge in [-0.3, -0.25) is 4.79 Å². The molecule has 1 saturated heterocycles. The first kappa shape index (κ1) is 14.0. The summed E-state index contributed by atoms with van der Waals surface area (Å²) in [4.78, 5) is 14.2. The van der Waals surface area contributed by atoms with E-state index in [2.05, 4.69) is 6.92 Å². The van der Waals surface area contributed by atoms with Crippen LogP contribution < -0.4 is 11.5 Å². The van der Waals surface area contributed by atoms with E-state index in [1.54, 1.807) is 0 Å². The van der Waals surface area contributed by atoms with Gasteiger partial charge in [-0.2, -0.15) is 0 Å². The molecule has 2 atom stereocenters. The van der Waals surface area contributed by atoms with Crippen LogP contribution in [-0.4, -0.2) is 30.4 Å². The van der Waals surface area contributed by atoms with Crippen molar-refractivity contribution in [2.24, 2.45) is 16.9 Å². The number of rotatable bonds is 3. The Morgan fingerprint density at radius 3 is 2.58 bits per heavy atom. The predicted octanol–water partition coefficient (Wildman–Crippen LogP) is 1.19. The number of amides is 1. The number of nitrogens with zero attached hydrogens (tertiary/aromatic N) is 1. The van der Waals surface area contributed by atoms with Crippen LogP contribution in [0, 0.1) is 12.3 Å². The van der Waals surface area contributed by atoms with Crippen molar-refractivity contribution >= 4 is 5.91 Å². The van der Waals surface area contributed by atoms with Crippen molar-refractivity contribution in [3.8, 4) is 0 Å². The van der Waals surface area contributed by atoms with Gasteiger partial charge in [0, 0.05) is 13.1 Å². The smallest absolute Gasteiger partial charge is 0.244 e. The molecule has 1 amide bonds. The summed E-state index contributed by atoms with van der Waals surface area (Å²) in [6.45, 7) is 6.21. The Bertz CT molecular complexity index is 457. The van der Waals surface area contributed by atoms with Crippen LogP contribution in [0.3, 0.4) is 0 Å². The van der Waals surface area contributed by atoms with Crippen LogP contribution >= 0.6 is 0 Å². The molecule has 1 fully saturated rings. The van der Waals surface area contributed by atoms with Gasteiger partial charge in [0.15, 0.2) is 0 Å². The molecule has 1 aromatic rings. The highest BCUT2D eigenvalue weighted by atomic mass is 16.2. The van der Waals surface area contributed by atoms with Gasteiger partial charge in [-0.25, -0.2) is 0 Å². The van der Waals surface area contributed by atoms with E-state index in [0.29, 0.717) is 13.1 Å². The number of benzene rings is 1. The number of carbonyl (C=O) groups is 1. The molecule has 0 spiro atoms. The summed E-state index contributed by atoms with van der Waals surface area (Å²) in [5.74, 6) is 0.000952. The third-order valence-electron chi connectivity index (χ3n) is 4.06. The lowest BCUT2D eigenvalue weighted by Crippen LogP contribution is -2.39. The molecule has 0 radical (unpaired) electrons. The van der Waals surface area contributed by atoms with Crippen LogP contribution in [0.15, 0.2) is 24.3 Å². The molecule has 0 saturated carbocycles.